The van der Waals surface area contributed by atoms with E-state index in [-0.39, 0.29) is 0 Å². The molecule has 1 aliphatic rings. The Morgan fingerprint density at radius 3 is 2.78 bits per heavy atom. The van der Waals surface area contributed by atoms with E-state index in [2.05, 4.69) is 37.3 Å². The summed E-state index contributed by atoms with van der Waals surface area (Å²) in [6, 6.07) is 2.91. The Morgan fingerprint density at radius 1 is 1.39 bits per heavy atom. The molecule has 1 saturated carbocycles. The number of hydrogen-bond donors (Lipinski definition) is 1. The Kier molecular flexibility index (Phi) is 4.44. The van der Waals surface area contributed by atoms with Gasteiger partial charge in [-0.1, -0.05) is 20.8 Å². The maximum absolute atomic E-state index is 4.50. The first kappa shape index (κ1) is 13.6. The molecule has 0 aromatic carbocycles. The van der Waals surface area contributed by atoms with Crippen LogP contribution in [0.25, 0.3) is 0 Å². The third-order valence-electron chi connectivity index (χ3n) is 4.37. The molecule has 3 heteroatoms. The van der Waals surface area contributed by atoms with E-state index >= 15 is 0 Å². The summed E-state index contributed by atoms with van der Waals surface area (Å²) in [5.74, 6) is 1.70. The van der Waals surface area contributed by atoms with E-state index < -0.39 is 0 Å². The van der Waals surface area contributed by atoms with Crippen LogP contribution in [-0.2, 0) is 20.0 Å². The minimum atomic E-state index is 0.682. The monoisotopic (exact) mass is 249 g/mol. The van der Waals surface area contributed by atoms with Gasteiger partial charge < -0.3 is 5.32 Å². The molecule has 1 aromatic rings. The van der Waals surface area contributed by atoms with Gasteiger partial charge in [0.1, 0.15) is 0 Å². The molecule has 0 spiro atoms. The number of aryl methyl sites for hydroxylation is 2. The largest absolute Gasteiger partial charge is 0.308 e. The average molecular weight is 249 g/mol. The van der Waals surface area contributed by atoms with Crippen molar-refractivity contribution in [3.63, 3.8) is 0 Å². The van der Waals surface area contributed by atoms with Crippen LogP contribution in [0.1, 0.15) is 51.4 Å². The van der Waals surface area contributed by atoms with Gasteiger partial charge in [0.25, 0.3) is 0 Å². The van der Waals surface area contributed by atoms with Gasteiger partial charge in [0, 0.05) is 19.6 Å². The van der Waals surface area contributed by atoms with Crippen LogP contribution in [0, 0.1) is 11.8 Å². The summed E-state index contributed by atoms with van der Waals surface area (Å²) in [6.07, 6.45) is 5.07. The van der Waals surface area contributed by atoms with Crippen LogP contribution in [0.5, 0.6) is 0 Å². The molecule has 1 heterocycles. The fourth-order valence-electron chi connectivity index (χ4n) is 3.11. The zero-order chi connectivity index (χ0) is 13.1. The van der Waals surface area contributed by atoms with Gasteiger partial charge in [-0.2, -0.15) is 5.10 Å². The molecule has 2 rings (SSSR count). The lowest BCUT2D eigenvalue weighted by Gasteiger charge is -2.33. The Morgan fingerprint density at radius 2 is 2.17 bits per heavy atom. The van der Waals surface area contributed by atoms with Crippen molar-refractivity contribution in [3.05, 3.63) is 17.5 Å². The van der Waals surface area contributed by atoms with Gasteiger partial charge in [-0.25, -0.2) is 0 Å². The van der Waals surface area contributed by atoms with Crippen LogP contribution in [0.2, 0.25) is 0 Å². The molecular formula is C15H27N3. The normalized spacial score (nSPS) is 28.6. The van der Waals surface area contributed by atoms with E-state index in [1.807, 2.05) is 11.7 Å². The number of rotatable bonds is 4. The van der Waals surface area contributed by atoms with Gasteiger partial charge in [-0.3, -0.25) is 4.68 Å². The minimum Gasteiger partial charge on any atom is -0.308 e. The average Bonchev–Trinajstić information content (AvgIpc) is 2.69. The van der Waals surface area contributed by atoms with E-state index in [9.17, 15) is 0 Å². The Hall–Kier alpha value is -0.830. The lowest BCUT2D eigenvalue weighted by molar-refractivity contribution is 0.226. The number of hydrogen-bond acceptors (Lipinski definition) is 2. The van der Waals surface area contributed by atoms with Crippen molar-refractivity contribution in [1.29, 1.82) is 0 Å². The SMILES string of the molecule is CCc1cc(CNC2CCC(C)CC2C)n(C)n1. The lowest BCUT2D eigenvalue weighted by Crippen LogP contribution is -2.38. The Balaban J connectivity index is 1.89. The molecule has 1 aromatic heterocycles. The zero-order valence-corrected chi connectivity index (χ0v) is 12.2. The fraction of sp³-hybridized carbons (Fsp3) is 0.800. The second-order valence-electron chi connectivity index (χ2n) is 5.99. The van der Waals surface area contributed by atoms with E-state index in [0.29, 0.717) is 6.04 Å². The molecule has 18 heavy (non-hydrogen) atoms. The molecule has 0 aliphatic heterocycles. The predicted octanol–water partition coefficient (Wildman–Crippen LogP) is 2.90. The van der Waals surface area contributed by atoms with Crippen molar-refractivity contribution in [3.8, 4) is 0 Å². The first-order valence-electron chi connectivity index (χ1n) is 7.35. The Bertz CT molecular complexity index is 383. The fourth-order valence-corrected chi connectivity index (χ4v) is 3.11. The standard InChI is InChI=1S/C15H27N3/c1-5-13-9-14(18(4)17-13)10-16-15-7-6-11(2)8-12(15)3/h9,11-12,15-16H,5-8,10H2,1-4H3. The topological polar surface area (TPSA) is 29.9 Å². The van der Waals surface area contributed by atoms with Gasteiger partial charge >= 0.3 is 0 Å². The van der Waals surface area contributed by atoms with E-state index in [4.69, 9.17) is 0 Å². The molecule has 3 nitrogen and oxygen atoms in total. The second kappa shape index (κ2) is 5.87. The van der Waals surface area contributed by atoms with Gasteiger partial charge in [-0.15, -0.1) is 0 Å². The highest BCUT2D eigenvalue weighted by molar-refractivity contribution is 5.10. The molecule has 0 radical (unpaired) electrons. The number of nitrogens with one attached hydrogen (secondary N) is 1. The van der Waals surface area contributed by atoms with Crippen molar-refractivity contribution in [2.24, 2.45) is 18.9 Å². The van der Waals surface area contributed by atoms with Crippen LogP contribution in [-0.4, -0.2) is 15.8 Å². The summed E-state index contributed by atoms with van der Waals surface area (Å²) >= 11 is 0. The molecule has 0 saturated heterocycles. The summed E-state index contributed by atoms with van der Waals surface area (Å²) in [4.78, 5) is 0. The third-order valence-corrected chi connectivity index (χ3v) is 4.37. The van der Waals surface area contributed by atoms with Crippen LogP contribution < -0.4 is 5.32 Å². The minimum absolute atomic E-state index is 0.682. The summed E-state index contributed by atoms with van der Waals surface area (Å²) in [6.45, 7) is 7.87. The highest BCUT2D eigenvalue weighted by Gasteiger charge is 2.24. The van der Waals surface area contributed by atoms with Crippen molar-refractivity contribution in [2.75, 3.05) is 0 Å². The third kappa shape index (κ3) is 3.14. The highest BCUT2D eigenvalue weighted by Crippen LogP contribution is 2.28. The molecule has 0 amide bonds. The first-order chi connectivity index (χ1) is 8.60. The highest BCUT2D eigenvalue weighted by atomic mass is 15.3. The molecule has 0 bridgehead atoms. The van der Waals surface area contributed by atoms with Gasteiger partial charge in [0.05, 0.1) is 11.4 Å². The van der Waals surface area contributed by atoms with Crippen LogP contribution in [0.3, 0.4) is 0 Å². The maximum Gasteiger partial charge on any atom is 0.0625 e. The maximum atomic E-state index is 4.50. The summed E-state index contributed by atoms with van der Waals surface area (Å²) in [5.41, 5.74) is 2.50. The van der Waals surface area contributed by atoms with Gasteiger partial charge in [0.15, 0.2) is 0 Å². The molecular weight excluding hydrogens is 222 g/mol. The molecule has 3 atom stereocenters. The smallest absolute Gasteiger partial charge is 0.0625 e. The van der Waals surface area contributed by atoms with Crippen LogP contribution in [0.4, 0.5) is 0 Å². The van der Waals surface area contributed by atoms with E-state index in [1.54, 1.807) is 0 Å². The Labute approximate surface area is 111 Å². The van der Waals surface area contributed by atoms with E-state index in [1.165, 1.54) is 30.7 Å². The quantitative estimate of drug-likeness (QED) is 0.889. The molecule has 1 aliphatic carbocycles. The van der Waals surface area contributed by atoms with Crippen molar-refractivity contribution in [1.82, 2.24) is 15.1 Å². The summed E-state index contributed by atoms with van der Waals surface area (Å²) < 4.78 is 2.02. The second-order valence-corrected chi connectivity index (χ2v) is 5.99. The van der Waals surface area contributed by atoms with E-state index in [0.717, 1.165) is 24.8 Å². The summed E-state index contributed by atoms with van der Waals surface area (Å²) in [5, 5.41) is 8.23. The molecule has 3 unspecified atom stereocenters. The van der Waals surface area contributed by atoms with Gasteiger partial charge in [0.2, 0.25) is 0 Å². The zero-order valence-electron chi connectivity index (χ0n) is 12.2. The van der Waals surface area contributed by atoms with Gasteiger partial charge in [-0.05, 0) is 43.6 Å². The predicted molar refractivity (Wildman–Crippen MR) is 75.4 cm³/mol. The van der Waals surface area contributed by atoms with Crippen LogP contribution in [0.15, 0.2) is 6.07 Å². The molecule has 102 valence electrons. The van der Waals surface area contributed by atoms with Crippen molar-refractivity contribution >= 4 is 0 Å². The van der Waals surface area contributed by atoms with Crippen LogP contribution >= 0.6 is 0 Å². The first-order valence-corrected chi connectivity index (χ1v) is 7.35. The molecule has 1 fully saturated rings. The number of aromatic nitrogens is 2. The summed E-state index contributed by atoms with van der Waals surface area (Å²) in [7, 11) is 2.04. The lowest BCUT2D eigenvalue weighted by atomic mass is 9.80. The van der Waals surface area contributed by atoms with Crippen molar-refractivity contribution in [2.45, 2.75) is 59.0 Å². The van der Waals surface area contributed by atoms with Crippen molar-refractivity contribution < 1.29 is 0 Å². The molecule has 1 N–H and O–H groups in total. The number of nitrogens with zero attached hydrogens (tertiary/aromatic N) is 2.